The van der Waals surface area contributed by atoms with Crippen molar-refractivity contribution in [1.29, 1.82) is 0 Å². The number of fused-ring (bicyclic) bond motifs is 2. The third-order valence-corrected chi connectivity index (χ3v) is 7.97. The minimum Gasteiger partial charge on any atom is -0.486 e. The maximum atomic E-state index is 13.8. The van der Waals surface area contributed by atoms with Gasteiger partial charge in [-0.1, -0.05) is 38.2 Å². The second kappa shape index (κ2) is 8.26. The van der Waals surface area contributed by atoms with Crippen molar-refractivity contribution in [2.24, 2.45) is 17.8 Å². The van der Waals surface area contributed by atoms with E-state index in [2.05, 4.69) is 5.32 Å². The molecule has 0 radical (unpaired) electrons. The Labute approximate surface area is 200 Å². The fraction of sp³-hybridized carbons (Fsp3) is 0.654. The maximum absolute atomic E-state index is 13.8. The van der Waals surface area contributed by atoms with Gasteiger partial charge in [-0.2, -0.15) is 0 Å². The lowest BCUT2D eigenvalue weighted by molar-refractivity contribution is -0.154. The van der Waals surface area contributed by atoms with Crippen LogP contribution in [0.2, 0.25) is 0 Å². The van der Waals surface area contributed by atoms with E-state index in [1.54, 1.807) is 6.07 Å². The average Bonchev–Trinajstić information content (AvgIpc) is 3.28. The number of benzene rings is 1. The molecule has 34 heavy (non-hydrogen) atoms. The fourth-order valence-electron chi connectivity index (χ4n) is 6.52. The van der Waals surface area contributed by atoms with Gasteiger partial charge < -0.3 is 14.6 Å². The molecule has 0 aromatic heterocycles. The zero-order chi connectivity index (χ0) is 24.3. The molecule has 4 aliphatic rings. The Morgan fingerprint density at radius 1 is 1.09 bits per heavy atom. The van der Waals surface area contributed by atoms with Crippen molar-refractivity contribution >= 4 is 17.8 Å². The Morgan fingerprint density at radius 3 is 2.41 bits per heavy atom. The first-order valence-corrected chi connectivity index (χ1v) is 12.4. The van der Waals surface area contributed by atoms with Crippen LogP contribution in [0.5, 0.6) is 11.5 Å². The van der Waals surface area contributed by atoms with Crippen LogP contribution in [0.25, 0.3) is 0 Å². The van der Waals surface area contributed by atoms with Crippen molar-refractivity contribution in [3.8, 4) is 11.5 Å². The molecule has 4 unspecified atom stereocenters. The number of carbonyl (C=O) groups is 3. The topological polar surface area (TPSA) is 105 Å². The minimum atomic E-state index is -1.49. The third kappa shape index (κ3) is 3.58. The minimum absolute atomic E-state index is 0.212. The Morgan fingerprint density at radius 2 is 1.76 bits per heavy atom. The first-order chi connectivity index (χ1) is 16.1. The van der Waals surface area contributed by atoms with Gasteiger partial charge in [0, 0.05) is 11.6 Å². The van der Waals surface area contributed by atoms with E-state index in [4.69, 9.17) is 9.47 Å². The molecule has 1 aromatic rings. The molecule has 0 spiro atoms. The molecule has 1 saturated carbocycles. The molecule has 2 amide bonds. The number of rotatable bonds is 4. The van der Waals surface area contributed by atoms with Crippen LogP contribution in [-0.2, 0) is 14.4 Å². The molecule has 1 aliphatic carbocycles. The highest BCUT2D eigenvalue weighted by molar-refractivity contribution is 6.10. The van der Waals surface area contributed by atoms with Gasteiger partial charge in [0.05, 0.1) is 11.8 Å². The van der Waals surface area contributed by atoms with Crippen molar-refractivity contribution < 1.29 is 29.0 Å². The first kappa shape index (κ1) is 23.1. The summed E-state index contributed by atoms with van der Waals surface area (Å²) in [6.45, 7) is 6.35. The SMILES string of the molecule is CC(C)(C)N1C(=O)C2C(c3ccc4c(c3)OCCO4)NC(CC3CCCCC3)(C(=O)O)C2C1=O. The number of ether oxygens (including phenoxy) is 2. The van der Waals surface area contributed by atoms with Crippen LogP contribution in [0, 0.1) is 17.8 Å². The van der Waals surface area contributed by atoms with E-state index in [-0.39, 0.29) is 17.7 Å². The van der Waals surface area contributed by atoms with Gasteiger partial charge in [0.25, 0.3) is 0 Å². The van der Waals surface area contributed by atoms with E-state index in [0.29, 0.717) is 31.1 Å². The van der Waals surface area contributed by atoms with Gasteiger partial charge in [0.1, 0.15) is 18.8 Å². The summed E-state index contributed by atoms with van der Waals surface area (Å²) in [5.74, 6) is -2.05. The van der Waals surface area contributed by atoms with E-state index in [9.17, 15) is 19.5 Å². The van der Waals surface area contributed by atoms with Crippen molar-refractivity contribution in [2.45, 2.75) is 76.4 Å². The Kier molecular flexibility index (Phi) is 5.62. The molecule has 8 heteroatoms. The molecular weight excluding hydrogens is 436 g/mol. The lowest BCUT2D eigenvalue weighted by Gasteiger charge is -2.37. The number of likely N-dealkylation sites (tertiary alicyclic amines) is 1. The van der Waals surface area contributed by atoms with Crippen LogP contribution in [0.4, 0.5) is 0 Å². The molecule has 3 heterocycles. The van der Waals surface area contributed by atoms with Gasteiger partial charge in [0.2, 0.25) is 11.8 Å². The molecule has 0 bridgehead atoms. The van der Waals surface area contributed by atoms with Crippen LogP contribution < -0.4 is 14.8 Å². The van der Waals surface area contributed by atoms with Crippen molar-refractivity contribution in [3.63, 3.8) is 0 Å². The van der Waals surface area contributed by atoms with Gasteiger partial charge in [-0.25, -0.2) is 0 Å². The number of imide groups is 1. The lowest BCUT2D eigenvalue weighted by Crippen LogP contribution is -2.58. The van der Waals surface area contributed by atoms with Crippen LogP contribution in [-0.4, -0.2) is 52.1 Å². The molecule has 1 aromatic carbocycles. The molecule has 3 aliphatic heterocycles. The molecule has 8 nitrogen and oxygen atoms in total. The zero-order valence-corrected chi connectivity index (χ0v) is 20.1. The average molecular weight is 471 g/mol. The Bertz CT molecular complexity index is 1010. The monoisotopic (exact) mass is 470 g/mol. The molecule has 184 valence electrons. The zero-order valence-electron chi connectivity index (χ0n) is 20.1. The smallest absolute Gasteiger partial charge is 0.324 e. The largest absolute Gasteiger partial charge is 0.486 e. The number of carboxylic acids is 1. The highest BCUT2D eigenvalue weighted by Crippen LogP contribution is 2.53. The van der Waals surface area contributed by atoms with Gasteiger partial charge in [-0.05, 0) is 50.8 Å². The third-order valence-electron chi connectivity index (χ3n) is 7.97. The highest BCUT2D eigenvalue weighted by Gasteiger charge is 2.69. The summed E-state index contributed by atoms with van der Waals surface area (Å²) < 4.78 is 11.4. The van der Waals surface area contributed by atoms with Crippen molar-refractivity contribution in [2.75, 3.05) is 13.2 Å². The summed E-state index contributed by atoms with van der Waals surface area (Å²) in [5.41, 5.74) is -1.48. The molecule has 5 rings (SSSR count). The summed E-state index contributed by atoms with van der Waals surface area (Å²) >= 11 is 0. The molecule has 2 saturated heterocycles. The van der Waals surface area contributed by atoms with Crippen LogP contribution in [0.3, 0.4) is 0 Å². The maximum Gasteiger partial charge on any atom is 0.324 e. The summed E-state index contributed by atoms with van der Waals surface area (Å²) in [6, 6.07) is 4.85. The number of amides is 2. The fourth-order valence-corrected chi connectivity index (χ4v) is 6.52. The van der Waals surface area contributed by atoms with E-state index >= 15 is 0 Å². The van der Waals surface area contributed by atoms with Crippen molar-refractivity contribution in [3.05, 3.63) is 23.8 Å². The summed E-state index contributed by atoms with van der Waals surface area (Å²) in [6.07, 6.45) is 5.55. The van der Waals surface area contributed by atoms with Gasteiger partial charge in [-0.3, -0.25) is 24.6 Å². The first-order valence-electron chi connectivity index (χ1n) is 12.4. The van der Waals surface area contributed by atoms with Crippen LogP contribution in [0.15, 0.2) is 18.2 Å². The van der Waals surface area contributed by atoms with E-state index < -0.39 is 34.9 Å². The summed E-state index contributed by atoms with van der Waals surface area (Å²) in [5, 5.41) is 13.9. The predicted octanol–water partition coefficient (Wildman–Crippen LogP) is 3.30. The van der Waals surface area contributed by atoms with Crippen LogP contribution >= 0.6 is 0 Å². The molecular formula is C26H34N2O6. The number of nitrogens with one attached hydrogen (secondary N) is 1. The number of hydrogen-bond donors (Lipinski definition) is 2. The van der Waals surface area contributed by atoms with E-state index in [1.165, 1.54) is 4.90 Å². The highest BCUT2D eigenvalue weighted by atomic mass is 16.6. The molecule has 2 N–H and O–H groups in total. The molecule has 4 atom stereocenters. The second-order valence-corrected chi connectivity index (χ2v) is 11.2. The Hall–Kier alpha value is -2.61. The lowest BCUT2D eigenvalue weighted by atomic mass is 9.72. The number of aliphatic carboxylic acids is 1. The van der Waals surface area contributed by atoms with E-state index in [1.807, 2.05) is 32.9 Å². The van der Waals surface area contributed by atoms with E-state index in [0.717, 1.165) is 37.7 Å². The number of carbonyl (C=O) groups excluding carboxylic acids is 2. The number of nitrogens with zero attached hydrogens (tertiary/aromatic N) is 1. The number of hydrogen-bond acceptors (Lipinski definition) is 6. The van der Waals surface area contributed by atoms with Crippen molar-refractivity contribution in [1.82, 2.24) is 10.2 Å². The standard InChI is InChI=1S/C26H34N2O6/c1-25(2,3)28-22(29)19-20(23(28)30)26(24(31)32,14-15-7-5-4-6-8-15)27-21(19)16-9-10-17-18(13-16)34-12-11-33-17/h9-10,13,15,19-21,27H,4-8,11-12,14H2,1-3H3,(H,31,32). The normalized spacial score (nSPS) is 31.6. The number of carboxylic acid groups (broad SMARTS) is 1. The predicted molar refractivity (Wildman–Crippen MR) is 123 cm³/mol. The van der Waals surface area contributed by atoms with Gasteiger partial charge in [-0.15, -0.1) is 0 Å². The summed E-state index contributed by atoms with van der Waals surface area (Å²) in [7, 11) is 0. The van der Waals surface area contributed by atoms with Gasteiger partial charge in [0.15, 0.2) is 11.5 Å². The molecule has 3 fully saturated rings. The quantitative estimate of drug-likeness (QED) is 0.651. The Balaban J connectivity index is 1.60. The summed E-state index contributed by atoms with van der Waals surface area (Å²) in [4.78, 5) is 41.8. The van der Waals surface area contributed by atoms with Gasteiger partial charge >= 0.3 is 5.97 Å². The second-order valence-electron chi connectivity index (χ2n) is 11.2. The van der Waals surface area contributed by atoms with Crippen LogP contribution in [0.1, 0.15) is 70.9 Å².